The van der Waals surface area contributed by atoms with Gasteiger partial charge in [-0.05, 0) is 48.0 Å². The van der Waals surface area contributed by atoms with Gasteiger partial charge in [0.2, 0.25) is 5.91 Å². The Bertz CT molecular complexity index is 706. The Morgan fingerprint density at radius 2 is 1.74 bits per heavy atom. The Labute approximate surface area is 139 Å². The van der Waals surface area contributed by atoms with Crippen molar-refractivity contribution >= 4 is 29.4 Å². The molecule has 0 aliphatic heterocycles. The zero-order chi connectivity index (χ0) is 16.7. The number of benzene rings is 2. The zero-order valence-corrected chi connectivity index (χ0v) is 13.3. The van der Waals surface area contributed by atoms with Crippen molar-refractivity contribution in [2.24, 2.45) is 0 Å². The third-order valence-corrected chi connectivity index (χ3v) is 3.38. The standard InChI is InChI=1S/C18H16ClNO3/c1-23-16-9-5-14(6-10-16)17(21)12-20-18(22)11-4-13-2-7-15(19)8-3-13/h2-11H,12H2,1H3,(H,20,22)/b11-4+. The number of nitrogens with one attached hydrogen (secondary N) is 1. The minimum absolute atomic E-state index is 0.0594. The van der Waals surface area contributed by atoms with Crippen LogP contribution < -0.4 is 10.1 Å². The predicted octanol–water partition coefficient (Wildman–Crippen LogP) is 3.36. The summed E-state index contributed by atoms with van der Waals surface area (Å²) in [4.78, 5) is 23.7. The Kier molecular flexibility index (Phi) is 5.94. The van der Waals surface area contributed by atoms with Crippen molar-refractivity contribution in [2.45, 2.75) is 0 Å². The van der Waals surface area contributed by atoms with Gasteiger partial charge < -0.3 is 10.1 Å². The summed E-state index contributed by atoms with van der Waals surface area (Å²) in [5.41, 5.74) is 1.37. The summed E-state index contributed by atoms with van der Waals surface area (Å²) in [5, 5.41) is 3.19. The summed E-state index contributed by atoms with van der Waals surface area (Å²) >= 11 is 5.79. The van der Waals surface area contributed by atoms with E-state index < -0.39 is 0 Å². The van der Waals surface area contributed by atoms with Crippen molar-refractivity contribution in [3.05, 3.63) is 70.8 Å². The molecule has 0 heterocycles. The molecule has 1 N–H and O–H groups in total. The van der Waals surface area contributed by atoms with Crippen LogP contribution in [0.5, 0.6) is 5.75 Å². The summed E-state index contributed by atoms with van der Waals surface area (Å²) in [5.74, 6) is 0.180. The van der Waals surface area contributed by atoms with Crippen LogP contribution in [-0.2, 0) is 4.79 Å². The lowest BCUT2D eigenvalue weighted by Gasteiger charge is -2.04. The van der Waals surface area contributed by atoms with E-state index in [4.69, 9.17) is 16.3 Å². The summed E-state index contributed by atoms with van der Waals surface area (Å²) in [6.07, 6.45) is 3.04. The average molecular weight is 330 g/mol. The molecule has 23 heavy (non-hydrogen) atoms. The molecule has 118 valence electrons. The highest BCUT2D eigenvalue weighted by atomic mass is 35.5. The van der Waals surface area contributed by atoms with Crippen molar-refractivity contribution in [1.29, 1.82) is 0 Å². The van der Waals surface area contributed by atoms with E-state index in [-0.39, 0.29) is 18.2 Å². The number of hydrogen-bond acceptors (Lipinski definition) is 3. The van der Waals surface area contributed by atoms with E-state index in [1.54, 1.807) is 61.7 Å². The van der Waals surface area contributed by atoms with Crippen molar-refractivity contribution in [3.63, 3.8) is 0 Å². The second-order valence-corrected chi connectivity index (χ2v) is 5.19. The molecular weight excluding hydrogens is 314 g/mol. The highest BCUT2D eigenvalue weighted by Crippen LogP contribution is 2.12. The van der Waals surface area contributed by atoms with Gasteiger partial charge in [-0.25, -0.2) is 0 Å². The molecule has 2 aromatic rings. The van der Waals surface area contributed by atoms with Crippen LogP contribution in [-0.4, -0.2) is 25.3 Å². The molecule has 0 spiro atoms. The molecule has 0 bridgehead atoms. The van der Waals surface area contributed by atoms with Gasteiger partial charge in [-0.3, -0.25) is 9.59 Å². The maximum atomic E-state index is 12.0. The highest BCUT2D eigenvalue weighted by Gasteiger charge is 2.07. The van der Waals surface area contributed by atoms with Crippen molar-refractivity contribution in [2.75, 3.05) is 13.7 Å². The molecule has 0 aliphatic carbocycles. The fourth-order valence-corrected chi connectivity index (χ4v) is 1.98. The Morgan fingerprint density at radius 3 is 2.35 bits per heavy atom. The van der Waals surface area contributed by atoms with Gasteiger partial charge in [-0.2, -0.15) is 0 Å². The van der Waals surface area contributed by atoms with Gasteiger partial charge in [-0.15, -0.1) is 0 Å². The number of carbonyl (C=O) groups excluding carboxylic acids is 2. The van der Waals surface area contributed by atoms with E-state index in [9.17, 15) is 9.59 Å². The quantitative estimate of drug-likeness (QED) is 0.653. The van der Waals surface area contributed by atoms with Gasteiger partial charge in [0, 0.05) is 16.7 Å². The number of amides is 1. The first-order chi connectivity index (χ1) is 11.1. The number of hydrogen-bond donors (Lipinski definition) is 1. The largest absolute Gasteiger partial charge is 0.497 e. The number of halogens is 1. The first-order valence-electron chi connectivity index (χ1n) is 6.97. The maximum Gasteiger partial charge on any atom is 0.244 e. The smallest absolute Gasteiger partial charge is 0.244 e. The third kappa shape index (κ3) is 5.27. The number of Topliss-reactive ketones (excluding diaryl/α,β-unsaturated/α-hetero) is 1. The van der Waals surface area contributed by atoms with Crippen molar-refractivity contribution < 1.29 is 14.3 Å². The number of methoxy groups -OCH3 is 1. The van der Waals surface area contributed by atoms with Crippen LogP contribution in [0, 0.1) is 0 Å². The predicted molar refractivity (Wildman–Crippen MR) is 90.8 cm³/mol. The first kappa shape index (κ1) is 16.8. The van der Waals surface area contributed by atoms with Gasteiger partial charge in [0.05, 0.1) is 13.7 Å². The van der Waals surface area contributed by atoms with E-state index in [0.717, 1.165) is 5.56 Å². The van der Waals surface area contributed by atoms with Crippen LogP contribution in [0.3, 0.4) is 0 Å². The second-order valence-electron chi connectivity index (χ2n) is 4.75. The number of carbonyl (C=O) groups is 2. The Hall–Kier alpha value is -2.59. The molecule has 0 unspecified atom stereocenters. The summed E-state index contributed by atoms with van der Waals surface area (Å²) < 4.78 is 5.03. The second kappa shape index (κ2) is 8.15. The minimum Gasteiger partial charge on any atom is -0.497 e. The fourth-order valence-electron chi connectivity index (χ4n) is 1.85. The van der Waals surface area contributed by atoms with Crippen molar-refractivity contribution in [3.8, 4) is 5.75 Å². The van der Waals surface area contributed by atoms with Gasteiger partial charge in [0.1, 0.15) is 5.75 Å². The first-order valence-corrected chi connectivity index (χ1v) is 7.35. The number of ketones is 1. The maximum absolute atomic E-state index is 12.0. The fraction of sp³-hybridized carbons (Fsp3) is 0.111. The van der Waals surface area contributed by atoms with E-state index in [0.29, 0.717) is 16.3 Å². The molecular formula is C18H16ClNO3. The van der Waals surface area contributed by atoms with Crippen LogP contribution in [0.2, 0.25) is 5.02 Å². The Morgan fingerprint density at radius 1 is 1.09 bits per heavy atom. The van der Waals surface area contributed by atoms with E-state index in [1.807, 2.05) is 0 Å². The van der Waals surface area contributed by atoms with Gasteiger partial charge in [0.25, 0.3) is 0 Å². The van der Waals surface area contributed by atoms with Crippen LogP contribution in [0.1, 0.15) is 15.9 Å². The van der Waals surface area contributed by atoms with Crippen LogP contribution >= 0.6 is 11.6 Å². The van der Waals surface area contributed by atoms with E-state index in [2.05, 4.69) is 5.32 Å². The van der Waals surface area contributed by atoms with E-state index >= 15 is 0 Å². The van der Waals surface area contributed by atoms with Crippen LogP contribution in [0.15, 0.2) is 54.6 Å². The average Bonchev–Trinajstić information content (AvgIpc) is 2.59. The topological polar surface area (TPSA) is 55.4 Å². The molecule has 0 saturated heterocycles. The molecule has 0 fully saturated rings. The third-order valence-electron chi connectivity index (χ3n) is 3.13. The SMILES string of the molecule is COc1ccc(C(=O)CNC(=O)/C=C/c2ccc(Cl)cc2)cc1. The lowest BCUT2D eigenvalue weighted by molar-refractivity contribution is -0.116. The zero-order valence-electron chi connectivity index (χ0n) is 12.6. The molecule has 1 amide bonds. The number of rotatable bonds is 6. The molecule has 4 nitrogen and oxygen atoms in total. The van der Waals surface area contributed by atoms with Gasteiger partial charge in [0.15, 0.2) is 5.78 Å². The minimum atomic E-state index is -0.332. The number of ether oxygens (including phenoxy) is 1. The lowest BCUT2D eigenvalue weighted by Crippen LogP contribution is -2.27. The summed E-state index contributed by atoms with van der Waals surface area (Å²) in [6.45, 7) is -0.0594. The highest BCUT2D eigenvalue weighted by molar-refractivity contribution is 6.30. The van der Waals surface area contributed by atoms with Crippen LogP contribution in [0.4, 0.5) is 0 Å². The van der Waals surface area contributed by atoms with Crippen molar-refractivity contribution in [1.82, 2.24) is 5.32 Å². The van der Waals surface area contributed by atoms with E-state index in [1.165, 1.54) is 6.08 Å². The molecule has 0 aliphatic rings. The molecule has 0 saturated carbocycles. The van der Waals surface area contributed by atoms with Crippen LogP contribution in [0.25, 0.3) is 6.08 Å². The summed E-state index contributed by atoms with van der Waals surface area (Å²) in [7, 11) is 1.56. The molecule has 0 radical (unpaired) electrons. The Balaban J connectivity index is 1.85. The molecule has 2 rings (SSSR count). The molecule has 0 atom stereocenters. The normalized spacial score (nSPS) is 10.5. The summed E-state index contributed by atoms with van der Waals surface area (Å²) in [6, 6.07) is 13.8. The molecule has 0 aromatic heterocycles. The molecule has 5 heteroatoms. The molecule has 2 aromatic carbocycles. The lowest BCUT2D eigenvalue weighted by atomic mass is 10.1. The van der Waals surface area contributed by atoms with Gasteiger partial charge >= 0.3 is 0 Å². The monoisotopic (exact) mass is 329 g/mol. The van der Waals surface area contributed by atoms with Gasteiger partial charge in [-0.1, -0.05) is 23.7 Å².